The first-order valence-corrected chi connectivity index (χ1v) is 12.4. The van der Waals surface area contributed by atoms with Gasteiger partial charge in [0.2, 0.25) is 0 Å². The number of hydrogen-bond donors (Lipinski definition) is 3. The molecule has 3 amide bonds. The molecule has 184 valence electrons. The lowest BCUT2D eigenvalue weighted by atomic mass is 10.0. The van der Waals surface area contributed by atoms with Crippen molar-refractivity contribution in [3.05, 3.63) is 64.6 Å². The van der Waals surface area contributed by atoms with Gasteiger partial charge in [-0.05, 0) is 60.1 Å². The molecule has 9 nitrogen and oxygen atoms in total. The number of hydrogen-bond acceptors (Lipinski definition) is 7. The number of primary amides is 1. The lowest BCUT2D eigenvalue weighted by Gasteiger charge is -2.30. The second kappa shape index (κ2) is 10.3. The summed E-state index contributed by atoms with van der Waals surface area (Å²) in [4.78, 5) is 40.7. The zero-order valence-corrected chi connectivity index (χ0v) is 20.5. The van der Waals surface area contributed by atoms with E-state index in [2.05, 4.69) is 23.5 Å². The lowest BCUT2D eigenvalue weighted by molar-refractivity contribution is -0.123. The van der Waals surface area contributed by atoms with Crippen molar-refractivity contribution in [1.29, 1.82) is 0 Å². The summed E-state index contributed by atoms with van der Waals surface area (Å²) in [6.07, 6.45) is 5.32. The van der Waals surface area contributed by atoms with Crippen molar-refractivity contribution in [2.24, 2.45) is 5.73 Å². The monoisotopic (exact) mass is 495 g/mol. The Labute approximate surface area is 207 Å². The Bertz CT molecular complexity index is 1200. The van der Waals surface area contributed by atoms with Crippen molar-refractivity contribution in [3.63, 3.8) is 0 Å². The number of amides is 3. The maximum atomic E-state index is 13.9. The molecule has 1 aliphatic rings. The Balaban J connectivity index is 1.81. The van der Waals surface area contributed by atoms with E-state index in [4.69, 9.17) is 15.9 Å². The first-order valence-electron chi connectivity index (χ1n) is 11.6. The minimum absolute atomic E-state index is 0.0250. The van der Waals surface area contributed by atoms with E-state index in [1.54, 1.807) is 24.3 Å². The molecule has 0 unspecified atom stereocenters. The predicted octanol–water partition coefficient (Wildman–Crippen LogP) is 3.99. The van der Waals surface area contributed by atoms with Gasteiger partial charge in [-0.2, -0.15) is 4.37 Å². The van der Waals surface area contributed by atoms with Crippen LogP contribution in [0.15, 0.2) is 47.1 Å². The highest BCUT2D eigenvalue weighted by atomic mass is 32.1. The highest BCUT2D eigenvalue weighted by molar-refractivity contribution is 7.09. The molecule has 4 rings (SSSR count). The standard InChI is InChI=1S/C25H29N5O4S/c1-14(2)15-9-11-17(12-10-15)30(25(33)22-19(26)20(23(27)31)29-35-22)21(18-8-5-13-34-18)24(32)28-16-6-3-4-7-16/h5,8-14,16,21H,3-4,6-7,26H2,1-2H3,(H2,27,31)(H,28,32)/t21-/m0/s1. The number of nitrogens with one attached hydrogen (secondary N) is 1. The summed E-state index contributed by atoms with van der Waals surface area (Å²) >= 11 is 0.774. The molecular weight excluding hydrogens is 466 g/mol. The van der Waals surface area contributed by atoms with E-state index in [1.165, 1.54) is 11.2 Å². The number of nitrogens with two attached hydrogens (primary N) is 2. The van der Waals surface area contributed by atoms with Gasteiger partial charge in [0.05, 0.1) is 12.0 Å². The van der Waals surface area contributed by atoms with Crippen LogP contribution < -0.4 is 21.7 Å². The largest absolute Gasteiger partial charge is 0.467 e. The summed E-state index contributed by atoms with van der Waals surface area (Å²) in [5.74, 6) is -1.17. The molecule has 1 aromatic carbocycles. The van der Waals surface area contributed by atoms with E-state index in [-0.39, 0.29) is 34.1 Å². The Kier molecular flexibility index (Phi) is 7.20. The number of benzene rings is 1. The molecule has 1 atom stereocenters. The van der Waals surface area contributed by atoms with Crippen LogP contribution in [0.2, 0.25) is 0 Å². The highest BCUT2D eigenvalue weighted by Crippen LogP contribution is 2.34. The zero-order valence-electron chi connectivity index (χ0n) is 19.7. The molecule has 5 N–H and O–H groups in total. The normalized spacial score (nSPS) is 14.7. The number of anilines is 2. The van der Waals surface area contributed by atoms with Gasteiger partial charge in [-0.25, -0.2) is 0 Å². The maximum absolute atomic E-state index is 13.9. The predicted molar refractivity (Wildman–Crippen MR) is 134 cm³/mol. The highest BCUT2D eigenvalue weighted by Gasteiger charge is 2.38. The van der Waals surface area contributed by atoms with Gasteiger partial charge in [-0.3, -0.25) is 19.3 Å². The zero-order chi connectivity index (χ0) is 25.1. The Hall–Kier alpha value is -3.66. The van der Waals surface area contributed by atoms with Crippen molar-refractivity contribution in [3.8, 4) is 0 Å². The molecule has 1 saturated carbocycles. The fourth-order valence-corrected chi connectivity index (χ4v) is 5.06. The van der Waals surface area contributed by atoms with Crippen LogP contribution >= 0.6 is 11.5 Å². The molecule has 0 spiro atoms. The SMILES string of the molecule is CC(C)c1ccc(N(C(=O)c2snc(C(N)=O)c2N)[C@H](C(=O)NC2CCCC2)c2ccco2)cc1. The number of rotatable bonds is 8. The van der Waals surface area contributed by atoms with Gasteiger partial charge in [0.25, 0.3) is 17.7 Å². The van der Waals surface area contributed by atoms with Crippen molar-refractivity contribution in [2.75, 3.05) is 10.6 Å². The number of carbonyl (C=O) groups is 3. The minimum Gasteiger partial charge on any atom is -0.467 e. The van der Waals surface area contributed by atoms with Crippen LogP contribution in [0.25, 0.3) is 0 Å². The van der Waals surface area contributed by atoms with Crippen LogP contribution in [0.5, 0.6) is 0 Å². The molecule has 0 saturated heterocycles. The van der Waals surface area contributed by atoms with E-state index < -0.39 is 17.9 Å². The van der Waals surface area contributed by atoms with Crippen molar-refractivity contribution in [1.82, 2.24) is 9.69 Å². The number of furan rings is 1. The quantitative estimate of drug-likeness (QED) is 0.431. The third-order valence-electron chi connectivity index (χ3n) is 6.23. The van der Waals surface area contributed by atoms with Gasteiger partial charge < -0.3 is 21.2 Å². The van der Waals surface area contributed by atoms with Crippen LogP contribution in [0.1, 0.15) is 83.0 Å². The minimum atomic E-state index is -1.10. The first-order chi connectivity index (χ1) is 16.8. The smallest absolute Gasteiger partial charge is 0.273 e. The molecule has 1 aliphatic carbocycles. The number of nitrogen functional groups attached to an aromatic ring is 1. The molecule has 2 aromatic heterocycles. The topological polar surface area (TPSA) is 145 Å². The van der Waals surface area contributed by atoms with E-state index in [9.17, 15) is 14.4 Å². The van der Waals surface area contributed by atoms with E-state index in [0.29, 0.717) is 11.4 Å². The molecule has 1 fully saturated rings. The summed E-state index contributed by atoms with van der Waals surface area (Å²) in [5, 5.41) is 3.08. The van der Waals surface area contributed by atoms with Crippen LogP contribution in [0, 0.1) is 0 Å². The number of aromatic nitrogens is 1. The average Bonchev–Trinajstić information content (AvgIpc) is 3.59. The van der Waals surface area contributed by atoms with Gasteiger partial charge in [0.1, 0.15) is 10.6 Å². The van der Waals surface area contributed by atoms with Gasteiger partial charge >= 0.3 is 0 Å². The van der Waals surface area contributed by atoms with Crippen molar-refractivity contribution < 1.29 is 18.8 Å². The third kappa shape index (κ3) is 5.07. The molecule has 10 heteroatoms. The first kappa shape index (κ1) is 24.5. The van der Waals surface area contributed by atoms with Gasteiger partial charge in [0, 0.05) is 11.7 Å². The van der Waals surface area contributed by atoms with E-state index in [0.717, 1.165) is 42.8 Å². The Morgan fingerprint density at radius 2 is 1.83 bits per heavy atom. The Morgan fingerprint density at radius 3 is 2.37 bits per heavy atom. The van der Waals surface area contributed by atoms with Crippen LogP contribution in [-0.2, 0) is 4.79 Å². The fraction of sp³-hybridized carbons (Fsp3) is 0.360. The third-order valence-corrected chi connectivity index (χ3v) is 7.08. The van der Waals surface area contributed by atoms with Crippen LogP contribution in [0.3, 0.4) is 0 Å². The molecule has 0 aliphatic heterocycles. The second-order valence-electron chi connectivity index (χ2n) is 8.97. The van der Waals surface area contributed by atoms with E-state index >= 15 is 0 Å². The summed E-state index contributed by atoms with van der Waals surface area (Å²) in [6.45, 7) is 4.14. The van der Waals surface area contributed by atoms with E-state index in [1.807, 2.05) is 12.1 Å². The van der Waals surface area contributed by atoms with Crippen LogP contribution in [-0.4, -0.2) is 28.1 Å². The summed E-state index contributed by atoms with van der Waals surface area (Å²) in [7, 11) is 0. The molecule has 2 heterocycles. The maximum Gasteiger partial charge on any atom is 0.273 e. The fourth-order valence-electron chi connectivity index (χ4n) is 4.31. The molecular formula is C25H29N5O4S. The summed E-state index contributed by atoms with van der Waals surface area (Å²) in [6, 6.07) is 9.68. The number of carbonyl (C=O) groups excluding carboxylic acids is 3. The van der Waals surface area contributed by atoms with Gasteiger partial charge in [-0.1, -0.05) is 38.8 Å². The second-order valence-corrected chi connectivity index (χ2v) is 9.74. The molecule has 3 aromatic rings. The summed E-state index contributed by atoms with van der Waals surface area (Å²) in [5.41, 5.74) is 12.7. The molecule has 0 radical (unpaired) electrons. The Morgan fingerprint density at radius 1 is 1.14 bits per heavy atom. The average molecular weight is 496 g/mol. The number of nitrogens with zero attached hydrogens (tertiary/aromatic N) is 2. The van der Waals surface area contributed by atoms with Crippen LogP contribution in [0.4, 0.5) is 11.4 Å². The van der Waals surface area contributed by atoms with Crippen molar-refractivity contribution >= 4 is 40.6 Å². The molecule has 35 heavy (non-hydrogen) atoms. The lowest BCUT2D eigenvalue weighted by Crippen LogP contribution is -2.46. The molecule has 0 bridgehead atoms. The van der Waals surface area contributed by atoms with Gasteiger partial charge in [0.15, 0.2) is 11.7 Å². The summed E-state index contributed by atoms with van der Waals surface area (Å²) < 4.78 is 9.60. The van der Waals surface area contributed by atoms with Gasteiger partial charge in [-0.15, -0.1) is 0 Å². The van der Waals surface area contributed by atoms with Crippen molar-refractivity contribution in [2.45, 2.75) is 57.5 Å².